The third kappa shape index (κ3) is 4.48. The number of esters is 1. The van der Waals surface area contributed by atoms with Crippen molar-refractivity contribution in [3.05, 3.63) is 64.9 Å². The van der Waals surface area contributed by atoms with Crippen molar-refractivity contribution in [3.8, 4) is 10.8 Å². The van der Waals surface area contributed by atoms with E-state index >= 15 is 0 Å². The van der Waals surface area contributed by atoms with Gasteiger partial charge in [0.2, 0.25) is 5.89 Å². The van der Waals surface area contributed by atoms with E-state index in [0.29, 0.717) is 23.7 Å². The van der Waals surface area contributed by atoms with Crippen LogP contribution in [0.2, 0.25) is 0 Å². The van der Waals surface area contributed by atoms with E-state index in [4.69, 9.17) is 4.42 Å². The van der Waals surface area contributed by atoms with E-state index in [1.54, 1.807) is 24.3 Å². The van der Waals surface area contributed by atoms with Crippen LogP contribution in [0, 0.1) is 0 Å². The number of urea groups is 1. The van der Waals surface area contributed by atoms with E-state index in [9.17, 15) is 9.59 Å². The second-order valence-electron chi connectivity index (χ2n) is 5.35. The number of carbonyl (C=O) groups is 2. The van der Waals surface area contributed by atoms with Gasteiger partial charge in [-0.1, -0.05) is 18.2 Å². The summed E-state index contributed by atoms with van der Waals surface area (Å²) in [6.07, 6.45) is 1.53. The van der Waals surface area contributed by atoms with Crippen LogP contribution in [0.25, 0.3) is 10.8 Å². The van der Waals surface area contributed by atoms with Crippen molar-refractivity contribution < 1.29 is 18.7 Å². The Kier molecular flexibility index (Phi) is 5.65. The maximum absolute atomic E-state index is 11.9. The molecule has 26 heavy (non-hydrogen) atoms. The molecule has 2 N–H and O–H groups in total. The number of oxazole rings is 1. The van der Waals surface area contributed by atoms with Gasteiger partial charge in [-0.2, -0.15) is 0 Å². The zero-order valence-corrected chi connectivity index (χ0v) is 14.8. The largest absolute Gasteiger partial charge is 0.465 e. The van der Waals surface area contributed by atoms with Crippen LogP contribution in [0.3, 0.4) is 0 Å². The van der Waals surface area contributed by atoms with Gasteiger partial charge in [-0.15, -0.1) is 11.3 Å². The molecular formula is C18H17N3O4S. The Labute approximate surface area is 154 Å². The predicted molar refractivity (Wildman–Crippen MR) is 96.7 cm³/mol. The van der Waals surface area contributed by atoms with Gasteiger partial charge in [0.15, 0.2) is 0 Å². The lowest BCUT2D eigenvalue weighted by atomic mass is 10.1. The SMILES string of the molecule is COC(=O)c1ccc(CNC(=O)NCc2coc(-c3cccs3)n2)cc1. The molecule has 134 valence electrons. The summed E-state index contributed by atoms with van der Waals surface area (Å²) in [7, 11) is 1.33. The fourth-order valence-electron chi connectivity index (χ4n) is 2.19. The average Bonchev–Trinajstić information content (AvgIpc) is 3.36. The van der Waals surface area contributed by atoms with E-state index in [1.165, 1.54) is 24.7 Å². The molecular weight excluding hydrogens is 354 g/mol. The lowest BCUT2D eigenvalue weighted by Gasteiger charge is -2.07. The zero-order valence-electron chi connectivity index (χ0n) is 14.0. The van der Waals surface area contributed by atoms with Crippen molar-refractivity contribution in [1.29, 1.82) is 0 Å². The Bertz CT molecular complexity index is 872. The summed E-state index contributed by atoms with van der Waals surface area (Å²) in [4.78, 5) is 28.5. The molecule has 0 aliphatic rings. The first-order chi connectivity index (χ1) is 12.7. The first-order valence-corrected chi connectivity index (χ1v) is 8.71. The van der Waals surface area contributed by atoms with Crippen molar-refractivity contribution in [2.24, 2.45) is 0 Å². The van der Waals surface area contributed by atoms with Gasteiger partial charge >= 0.3 is 12.0 Å². The molecule has 0 aliphatic carbocycles. The van der Waals surface area contributed by atoms with Crippen molar-refractivity contribution in [2.75, 3.05) is 7.11 Å². The molecule has 2 heterocycles. The summed E-state index contributed by atoms with van der Waals surface area (Å²) in [5.74, 6) is 0.152. The molecule has 7 nitrogen and oxygen atoms in total. The standard InChI is InChI=1S/C18H17N3O4S/c1-24-17(22)13-6-4-12(5-7-13)9-19-18(23)20-10-14-11-25-16(21-14)15-3-2-8-26-15/h2-8,11H,9-10H2,1H3,(H2,19,20,23). The van der Waals surface area contributed by atoms with E-state index in [2.05, 4.69) is 20.4 Å². The van der Waals surface area contributed by atoms with Crippen LogP contribution < -0.4 is 10.6 Å². The Morgan fingerprint density at radius 2 is 1.92 bits per heavy atom. The van der Waals surface area contributed by atoms with Gasteiger partial charge in [-0.3, -0.25) is 0 Å². The van der Waals surface area contributed by atoms with Crippen LogP contribution in [0.15, 0.2) is 52.5 Å². The molecule has 0 spiro atoms. The number of aromatic nitrogens is 1. The fraction of sp³-hybridized carbons (Fsp3) is 0.167. The number of hydrogen-bond donors (Lipinski definition) is 2. The van der Waals surface area contributed by atoms with Gasteiger partial charge in [0.05, 0.1) is 29.8 Å². The van der Waals surface area contributed by atoms with Gasteiger partial charge < -0.3 is 19.8 Å². The number of carbonyl (C=O) groups excluding carboxylic acids is 2. The van der Waals surface area contributed by atoms with Gasteiger partial charge in [0, 0.05) is 6.54 Å². The number of ether oxygens (including phenoxy) is 1. The molecule has 0 atom stereocenters. The zero-order chi connectivity index (χ0) is 18.4. The summed E-state index contributed by atoms with van der Waals surface area (Å²) >= 11 is 1.54. The number of methoxy groups -OCH3 is 1. The van der Waals surface area contributed by atoms with Crippen LogP contribution in [0.1, 0.15) is 21.6 Å². The van der Waals surface area contributed by atoms with E-state index in [-0.39, 0.29) is 12.6 Å². The smallest absolute Gasteiger partial charge is 0.337 e. The van der Waals surface area contributed by atoms with Gasteiger partial charge in [0.1, 0.15) is 6.26 Å². The Balaban J connectivity index is 1.45. The number of nitrogens with zero attached hydrogens (tertiary/aromatic N) is 1. The van der Waals surface area contributed by atoms with Gasteiger partial charge in [0.25, 0.3) is 0 Å². The van der Waals surface area contributed by atoms with Crippen molar-refractivity contribution >= 4 is 23.3 Å². The number of hydrogen-bond acceptors (Lipinski definition) is 6. The minimum absolute atomic E-state index is 0.266. The second kappa shape index (κ2) is 8.30. The molecule has 0 radical (unpaired) electrons. The Morgan fingerprint density at radius 1 is 1.15 bits per heavy atom. The highest BCUT2D eigenvalue weighted by atomic mass is 32.1. The van der Waals surface area contributed by atoms with Crippen LogP contribution in [-0.2, 0) is 17.8 Å². The summed E-state index contributed by atoms with van der Waals surface area (Å²) in [6.45, 7) is 0.606. The molecule has 8 heteroatoms. The number of amides is 2. The molecule has 3 aromatic rings. The van der Waals surface area contributed by atoms with Crippen LogP contribution in [0.5, 0.6) is 0 Å². The molecule has 0 saturated heterocycles. The average molecular weight is 371 g/mol. The first-order valence-electron chi connectivity index (χ1n) is 7.83. The molecule has 2 amide bonds. The normalized spacial score (nSPS) is 10.3. The molecule has 0 fully saturated rings. The maximum atomic E-state index is 11.9. The number of thiophene rings is 1. The monoisotopic (exact) mass is 371 g/mol. The van der Waals surface area contributed by atoms with E-state index in [1.807, 2.05) is 17.5 Å². The quantitative estimate of drug-likeness (QED) is 0.649. The van der Waals surface area contributed by atoms with Crippen LogP contribution in [0.4, 0.5) is 4.79 Å². The summed E-state index contributed by atoms with van der Waals surface area (Å²) < 4.78 is 10.0. The second-order valence-corrected chi connectivity index (χ2v) is 6.29. The third-order valence-electron chi connectivity index (χ3n) is 3.54. The number of benzene rings is 1. The molecule has 2 aromatic heterocycles. The Morgan fingerprint density at radius 3 is 2.62 bits per heavy atom. The Hall–Kier alpha value is -3.13. The maximum Gasteiger partial charge on any atom is 0.337 e. The van der Waals surface area contributed by atoms with Gasteiger partial charge in [-0.25, -0.2) is 14.6 Å². The lowest BCUT2D eigenvalue weighted by Crippen LogP contribution is -2.34. The minimum Gasteiger partial charge on any atom is -0.465 e. The molecule has 1 aromatic carbocycles. The first kappa shape index (κ1) is 17.7. The topological polar surface area (TPSA) is 93.5 Å². The third-order valence-corrected chi connectivity index (χ3v) is 4.40. The van der Waals surface area contributed by atoms with Crippen molar-refractivity contribution in [2.45, 2.75) is 13.1 Å². The van der Waals surface area contributed by atoms with Gasteiger partial charge in [-0.05, 0) is 29.1 Å². The highest BCUT2D eigenvalue weighted by Crippen LogP contribution is 2.23. The molecule has 3 rings (SSSR count). The lowest BCUT2D eigenvalue weighted by molar-refractivity contribution is 0.0600. The predicted octanol–water partition coefficient (Wildman–Crippen LogP) is 3.19. The number of nitrogens with one attached hydrogen (secondary N) is 2. The van der Waals surface area contributed by atoms with Crippen molar-refractivity contribution in [1.82, 2.24) is 15.6 Å². The highest BCUT2D eigenvalue weighted by Gasteiger charge is 2.09. The highest BCUT2D eigenvalue weighted by molar-refractivity contribution is 7.13. The summed E-state index contributed by atoms with van der Waals surface area (Å²) in [5, 5.41) is 7.41. The van der Waals surface area contributed by atoms with Crippen molar-refractivity contribution in [3.63, 3.8) is 0 Å². The molecule has 0 bridgehead atoms. The van der Waals surface area contributed by atoms with E-state index < -0.39 is 5.97 Å². The fourth-order valence-corrected chi connectivity index (χ4v) is 2.85. The minimum atomic E-state index is -0.392. The molecule has 0 saturated carbocycles. The molecule has 0 aliphatic heterocycles. The number of rotatable bonds is 6. The summed E-state index contributed by atoms with van der Waals surface area (Å²) in [5.41, 5.74) is 1.98. The summed E-state index contributed by atoms with van der Waals surface area (Å²) in [6, 6.07) is 10.4. The van der Waals surface area contributed by atoms with Crippen LogP contribution >= 0.6 is 11.3 Å². The van der Waals surface area contributed by atoms with Crippen LogP contribution in [-0.4, -0.2) is 24.1 Å². The molecule has 0 unspecified atom stereocenters. The van der Waals surface area contributed by atoms with E-state index in [0.717, 1.165) is 10.4 Å².